The molecule has 5 heteroatoms. The van der Waals surface area contributed by atoms with Crippen molar-refractivity contribution < 1.29 is 14.3 Å². The number of ether oxygens (including phenoxy) is 1. The van der Waals surface area contributed by atoms with Crippen LogP contribution in [0.4, 0.5) is 0 Å². The molecule has 0 atom stereocenters. The second kappa shape index (κ2) is 6.58. The zero-order valence-electron chi connectivity index (χ0n) is 13.3. The van der Waals surface area contributed by atoms with Crippen molar-refractivity contribution in [3.63, 3.8) is 0 Å². The molecular formula is C19H16N2O3. The number of fused-ring (bicyclic) bond motifs is 1. The lowest BCUT2D eigenvalue weighted by atomic mass is 10.1. The van der Waals surface area contributed by atoms with Gasteiger partial charge in [0.05, 0.1) is 18.0 Å². The van der Waals surface area contributed by atoms with E-state index in [0.29, 0.717) is 22.6 Å². The van der Waals surface area contributed by atoms with Crippen molar-refractivity contribution in [2.75, 3.05) is 7.11 Å². The van der Waals surface area contributed by atoms with Gasteiger partial charge in [-0.05, 0) is 41.5 Å². The molecule has 0 unspecified atom stereocenters. The summed E-state index contributed by atoms with van der Waals surface area (Å²) in [7, 11) is 1.60. The number of hydrogen-bond donors (Lipinski definition) is 0. The van der Waals surface area contributed by atoms with E-state index in [9.17, 15) is 9.59 Å². The van der Waals surface area contributed by atoms with E-state index in [0.717, 1.165) is 11.3 Å². The molecule has 0 radical (unpaired) electrons. The molecule has 1 aliphatic heterocycles. The Kier molecular flexibility index (Phi) is 4.33. The van der Waals surface area contributed by atoms with Gasteiger partial charge in [-0.25, -0.2) is 4.99 Å². The van der Waals surface area contributed by atoms with Crippen LogP contribution in [0, 0.1) is 0 Å². The molecule has 1 aliphatic rings. The molecule has 0 spiro atoms. The summed E-state index contributed by atoms with van der Waals surface area (Å²) >= 11 is 0. The van der Waals surface area contributed by atoms with E-state index in [2.05, 4.69) is 16.6 Å². The second-order valence-electron chi connectivity index (χ2n) is 5.48. The monoisotopic (exact) mass is 320 g/mol. The molecule has 0 aromatic heterocycles. The number of carbonyl (C=O) groups is 2. The predicted octanol–water partition coefficient (Wildman–Crippen LogP) is 1.48. The lowest BCUT2D eigenvalue weighted by Crippen LogP contribution is -2.28. The van der Waals surface area contributed by atoms with Crippen molar-refractivity contribution in [1.29, 1.82) is 0 Å². The maximum Gasteiger partial charge on any atom is 0.281 e. The third kappa shape index (κ3) is 3.30. The van der Waals surface area contributed by atoms with Crippen LogP contribution in [0.15, 0.2) is 52.4 Å². The van der Waals surface area contributed by atoms with Crippen LogP contribution >= 0.6 is 0 Å². The molecule has 120 valence electrons. The molecule has 24 heavy (non-hydrogen) atoms. The number of amidine groups is 1. The number of hydrogen-bond acceptors (Lipinski definition) is 4. The minimum atomic E-state index is -0.449. The Morgan fingerprint density at radius 1 is 1.17 bits per heavy atom. The van der Waals surface area contributed by atoms with E-state index < -0.39 is 5.91 Å². The van der Waals surface area contributed by atoms with Crippen LogP contribution in [0.3, 0.4) is 0 Å². The van der Waals surface area contributed by atoms with E-state index in [1.807, 2.05) is 24.3 Å². The van der Waals surface area contributed by atoms with Gasteiger partial charge in [0.15, 0.2) is 5.84 Å². The van der Waals surface area contributed by atoms with Crippen molar-refractivity contribution in [1.82, 2.24) is 0 Å². The first-order valence-electron chi connectivity index (χ1n) is 7.54. The molecule has 0 aliphatic carbocycles. The molecule has 3 rings (SSSR count). The zero-order chi connectivity index (χ0) is 17.1. The van der Waals surface area contributed by atoms with E-state index in [1.54, 1.807) is 25.3 Å². The van der Waals surface area contributed by atoms with Crippen LogP contribution in [-0.4, -0.2) is 24.6 Å². The summed E-state index contributed by atoms with van der Waals surface area (Å²) < 4.78 is 5.16. The van der Waals surface area contributed by atoms with Crippen molar-refractivity contribution >= 4 is 24.1 Å². The Hall–Kier alpha value is -3.08. The molecular weight excluding hydrogens is 304 g/mol. The summed E-state index contributed by atoms with van der Waals surface area (Å²) in [5.41, 5.74) is 1.36. The maximum absolute atomic E-state index is 12.3. The van der Waals surface area contributed by atoms with Gasteiger partial charge >= 0.3 is 0 Å². The normalized spacial score (nSPS) is 12.9. The summed E-state index contributed by atoms with van der Waals surface area (Å²) in [5, 5.41) is 1.17. The molecule has 2 aromatic carbocycles. The average Bonchev–Trinajstić information content (AvgIpc) is 2.60. The minimum Gasteiger partial charge on any atom is -0.497 e. The van der Waals surface area contributed by atoms with Gasteiger partial charge in [0.1, 0.15) is 5.75 Å². The summed E-state index contributed by atoms with van der Waals surface area (Å²) in [6.07, 6.45) is 0.759. The molecule has 0 fully saturated rings. The highest BCUT2D eigenvalue weighted by Crippen LogP contribution is 2.14. The number of ketones is 1. The van der Waals surface area contributed by atoms with Gasteiger partial charge in [-0.15, -0.1) is 0 Å². The summed E-state index contributed by atoms with van der Waals surface area (Å²) in [5.74, 6) is 0.00527. The van der Waals surface area contributed by atoms with Gasteiger partial charge in [0.2, 0.25) is 5.78 Å². The summed E-state index contributed by atoms with van der Waals surface area (Å²) in [4.78, 5) is 32.4. The van der Waals surface area contributed by atoms with Crippen LogP contribution < -0.4 is 15.3 Å². The third-order valence-electron chi connectivity index (χ3n) is 3.75. The van der Waals surface area contributed by atoms with Crippen molar-refractivity contribution in [3.8, 4) is 5.75 Å². The van der Waals surface area contributed by atoms with Crippen LogP contribution in [0.1, 0.15) is 22.3 Å². The molecule has 0 bridgehead atoms. The smallest absolute Gasteiger partial charge is 0.281 e. The highest BCUT2D eigenvalue weighted by molar-refractivity contribution is 6.41. The van der Waals surface area contributed by atoms with Crippen molar-refractivity contribution in [2.45, 2.75) is 12.8 Å². The molecule has 5 nitrogen and oxygen atoms in total. The molecule has 0 N–H and O–H groups in total. The number of aryl methyl sites for hydroxylation is 1. The largest absolute Gasteiger partial charge is 0.497 e. The second-order valence-corrected chi connectivity index (χ2v) is 5.48. The van der Waals surface area contributed by atoms with Crippen molar-refractivity contribution in [2.24, 2.45) is 9.98 Å². The van der Waals surface area contributed by atoms with Crippen LogP contribution in [0.5, 0.6) is 5.75 Å². The number of aliphatic imine (C=N–C) groups is 1. The molecule has 0 saturated carbocycles. The first-order chi connectivity index (χ1) is 11.6. The highest BCUT2D eigenvalue weighted by Gasteiger charge is 2.19. The SMILES string of the molecule is C=c1ccc2c(c1)C(=O)N=C(C(=O)CCc1cccc(OC)c1)N=2. The predicted molar refractivity (Wildman–Crippen MR) is 90.8 cm³/mol. The van der Waals surface area contributed by atoms with Gasteiger partial charge in [0, 0.05) is 6.42 Å². The fourth-order valence-corrected chi connectivity index (χ4v) is 2.47. The van der Waals surface area contributed by atoms with Gasteiger partial charge in [-0.3, -0.25) is 9.59 Å². The molecule has 1 heterocycles. The van der Waals surface area contributed by atoms with E-state index in [-0.39, 0.29) is 18.0 Å². The lowest BCUT2D eigenvalue weighted by molar-refractivity contribution is -0.113. The van der Waals surface area contributed by atoms with E-state index >= 15 is 0 Å². The fourth-order valence-electron chi connectivity index (χ4n) is 2.47. The fraction of sp³-hybridized carbons (Fsp3) is 0.158. The van der Waals surface area contributed by atoms with Crippen molar-refractivity contribution in [3.05, 3.63) is 64.2 Å². The standard InChI is InChI=1S/C19H16N2O3/c1-12-6-8-16-15(10-12)19(23)21-18(20-16)17(22)9-7-13-4-3-5-14(11-13)24-2/h3-6,8,10-11H,1,7,9H2,2H3. The maximum atomic E-state index is 12.3. The third-order valence-corrected chi connectivity index (χ3v) is 3.75. The number of nitrogens with zero attached hydrogens (tertiary/aromatic N) is 2. The Morgan fingerprint density at radius 3 is 2.79 bits per heavy atom. The first kappa shape index (κ1) is 15.8. The Bertz CT molecular complexity index is 961. The average molecular weight is 320 g/mol. The Balaban J connectivity index is 1.77. The molecule has 2 aromatic rings. The lowest BCUT2D eigenvalue weighted by Gasteiger charge is -2.07. The van der Waals surface area contributed by atoms with Gasteiger partial charge < -0.3 is 4.74 Å². The quantitative estimate of drug-likeness (QED) is 0.838. The highest BCUT2D eigenvalue weighted by atomic mass is 16.5. The van der Waals surface area contributed by atoms with Gasteiger partial charge in [-0.1, -0.05) is 24.8 Å². The number of Topliss-reactive ketones (excluding diaryl/α,β-unsaturated/α-hetero) is 1. The van der Waals surface area contributed by atoms with Gasteiger partial charge in [0.25, 0.3) is 5.91 Å². The van der Waals surface area contributed by atoms with Crippen LogP contribution in [0.25, 0.3) is 6.58 Å². The minimum absolute atomic E-state index is 0.0350. The number of carbonyl (C=O) groups excluding carboxylic acids is 2. The Morgan fingerprint density at radius 2 is 2.00 bits per heavy atom. The van der Waals surface area contributed by atoms with E-state index in [1.165, 1.54) is 0 Å². The molecule has 1 amide bonds. The Labute approximate surface area is 139 Å². The van der Waals surface area contributed by atoms with Gasteiger partial charge in [-0.2, -0.15) is 4.99 Å². The number of benzene rings is 2. The van der Waals surface area contributed by atoms with Crippen LogP contribution in [0.2, 0.25) is 0 Å². The topological polar surface area (TPSA) is 68.1 Å². The summed E-state index contributed by atoms with van der Waals surface area (Å²) in [6, 6.07) is 12.6. The first-order valence-corrected chi connectivity index (χ1v) is 7.54. The van der Waals surface area contributed by atoms with Crippen LogP contribution in [-0.2, 0) is 11.2 Å². The summed E-state index contributed by atoms with van der Waals surface area (Å²) in [6.45, 7) is 3.77. The molecule has 0 saturated heterocycles. The number of methoxy groups -OCH3 is 1. The van der Waals surface area contributed by atoms with E-state index in [4.69, 9.17) is 4.74 Å². The number of amides is 1. The zero-order valence-corrected chi connectivity index (χ0v) is 13.3. The number of rotatable bonds is 5.